The Kier molecular flexibility index (Phi) is 4.77. The Morgan fingerprint density at radius 1 is 0.792 bits per heavy atom. The van der Waals surface area contributed by atoms with Gasteiger partial charge in [0.15, 0.2) is 0 Å². The molecule has 0 unspecified atom stereocenters. The lowest BCUT2D eigenvalue weighted by Crippen LogP contribution is -2.12. The van der Waals surface area contributed by atoms with Crippen molar-refractivity contribution in [2.45, 2.75) is 6.92 Å². The molecular weight excluding hydrogens is 323 g/mol. The molecule has 2 aromatic heterocycles. The Balaban J connectivity index is 1.87. The van der Waals surface area contributed by atoms with Crippen LogP contribution in [0.2, 0.25) is 0 Å². The number of anilines is 2. The number of pyridine rings is 2. The molecule has 7 heteroatoms. The molecule has 0 spiro atoms. The largest absolute Gasteiger partial charge is 0.444 e. The Labute approximate surface area is 140 Å². The molecule has 0 saturated heterocycles. The lowest BCUT2D eigenvalue weighted by Gasteiger charge is -2.22. The first-order chi connectivity index (χ1) is 11.6. The number of hydrogen-bond acceptors (Lipinski definition) is 4. The van der Waals surface area contributed by atoms with E-state index >= 15 is 0 Å². The Morgan fingerprint density at radius 2 is 1.25 bits per heavy atom. The van der Waals surface area contributed by atoms with Crippen molar-refractivity contribution >= 4 is 19.0 Å². The highest BCUT2D eigenvalue weighted by molar-refractivity contribution is 7.62. The quantitative estimate of drug-likeness (QED) is 0.644. The normalized spacial score (nSPS) is 10.9. The van der Waals surface area contributed by atoms with Crippen LogP contribution in [0.1, 0.15) is 5.56 Å². The van der Waals surface area contributed by atoms with Crippen LogP contribution in [0.4, 0.5) is 11.4 Å². The Hall–Kier alpha value is -2.85. The van der Waals surface area contributed by atoms with Gasteiger partial charge in [-0.1, -0.05) is 17.7 Å². The molecule has 0 radical (unpaired) electrons. The standard InChI is InChI=1S/C17H17N4O2P/c1-14-2-4-17(5-3-14)23-24(22,20-15-6-10-18-11-7-15)21-16-8-12-19-13-9-16/h2-13H,1H3,(H2,18,19,20,21,22). The average Bonchev–Trinajstić information content (AvgIpc) is 2.58. The maximum absolute atomic E-state index is 13.3. The Morgan fingerprint density at radius 3 is 1.71 bits per heavy atom. The zero-order valence-electron chi connectivity index (χ0n) is 13.1. The van der Waals surface area contributed by atoms with Crippen molar-refractivity contribution in [1.29, 1.82) is 0 Å². The van der Waals surface area contributed by atoms with E-state index < -0.39 is 7.67 Å². The summed E-state index contributed by atoms with van der Waals surface area (Å²) < 4.78 is 19.1. The molecule has 24 heavy (non-hydrogen) atoms. The number of benzene rings is 1. The van der Waals surface area contributed by atoms with Gasteiger partial charge in [0.05, 0.1) is 0 Å². The lowest BCUT2D eigenvalue weighted by atomic mass is 10.2. The first-order valence-corrected chi connectivity index (χ1v) is 8.98. The van der Waals surface area contributed by atoms with Crippen LogP contribution >= 0.6 is 7.67 Å². The zero-order valence-corrected chi connectivity index (χ0v) is 14.0. The fourth-order valence-corrected chi connectivity index (χ4v) is 3.56. The van der Waals surface area contributed by atoms with E-state index in [1.807, 2.05) is 19.1 Å². The molecule has 3 aromatic rings. The maximum Gasteiger partial charge on any atom is 0.444 e. The SMILES string of the molecule is Cc1ccc(OP(=O)(Nc2ccncc2)Nc2ccncc2)cc1. The van der Waals surface area contributed by atoms with Crippen molar-refractivity contribution in [1.82, 2.24) is 9.97 Å². The van der Waals surface area contributed by atoms with Gasteiger partial charge in [-0.2, -0.15) is 0 Å². The molecule has 122 valence electrons. The predicted octanol–water partition coefficient (Wildman–Crippen LogP) is 4.50. The van der Waals surface area contributed by atoms with Crippen LogP contribution in [0.5, 0.6) is 5.75 Å². The smallest absolute Gasteiger partial charge is 0.414 e. The van der Waals surface area contributed by atoms with Crippen molar-refractivity contribution < 1.29 is 9.09 Å². The highest BCUT2D eigenvalue weighted by Gasteiger charge is 2.25. The van der Waals surface area contributed by atoms with E-state index in [-0.39, 0.29) is 0 Å². The lowest BCUT2D eigenvalue weighted by molar-refractivity contribution is 0.493. The second-order valence-electron chi connectivity index (χ2n) is 5.15. The monoisotopic (exact) mass is 340 g/mol. The minimum Gasteiger partial charge on any atom is -0.414 e. The van der Waals surface area contributed by atoms with Crippen molar-refractivity contribution in [2.75, 3.05) is 10.2 Å². The van der Waals surface area contributed by atoms with Crippen LogP contribution in [0.3, 0.4) is 0 Å². The third kappa shape index (κ3) is 4.33. The average molecular weight is 340 g/mol. The van der Waals surface area contributed by atoms with E-state index in [1.165, 1.54) is 0 Å². The summed E-state index contributed by atoms with van der Waals surface area (Å²) in [4.78, 5) is 7.91. The van der Waals surface area contributed by atoms with Crippen LogP contribution < -0.4 is 14.7 Å². The number of aromatic nitrogens is 2. The van der Waals surface area contributed by atoms with E-state index in [0.717, 1.165) is 5.56 Å². The summed E-state index contributed by atoms with van der Waals surface area (Å²) in [5.74, 6) is 0.507. The second kappa shape index (κ2) is 7.15. The number of rotatable bonds is 6. The first-order valence-electron chi connectivity index (χ1n) is 7.36. The summed E-state index contributed by atoms with van der Waals surface area (Å²) in [6.07, 6.45) is 6.46. The molecular formula is C17H17N4O2P. The molecule has 6 nitrogen and oxygen atoms in total. The van der Waals surface area contributed by atoms with Crippen LogP contribution in [0.15, 0.2) is 73.3 Å². The molecule has 0 fully saturated rings. The molecule has 0 amide bonds. The summed E-state index contributed by atoms with van der Waals surface area (Å²) in [6, 6.07) is 14.3. The summed E-state index contributed by atoms with van der Waals surface area (Å²) in [7, 11) is -3.46. The zero-order chi connectivity index (χ0) is 16.8. The van der Waals surface area contributed by atoms with Gasteiger partial charge in [0.1, 0.15) is 5.75 Å². The molecule has 0 aliphatic heterocycles. The van der Waals surface area contributed by atoms with Crippen LogP contribution in [0, 0.1) is 6.92 Å². The van der Waals surface area contributed by atoms with Crippen molar-refractivity contribution in [3.8, 4) is 5.75 Å². The van der Waals surface area contributed by atoms with Gasteiger partial charge < -0.3 is 4.52 Å². The van der Waals surface area contributed by atoms with Crippen LogP contribution in [-0.2, 0) is 4.57 Å². The minimum atomic E-state index is -3.46. The van der Waals surface area contributed by atoms with Crippen LogP contribution in [-0.4, -0.2) is 9.97 Å². The summed E-state index contributed by atoms with van der Waals surface area (Å²) in [6.45, 7) is 1.98. The summed E-state index contributed by atoms with van der Waals surface area (Å²) in [5, 5.41) is 5.86. The van der Waals surface area contributed by atoms with Gasteiger partial charge in [0, 0.05) is 36.2 Å². The highest BCUT2D eigenvalue weighted by Crippen LogP contribution is 2.46. The molecule has 2 N–H and O–H groups in total. The molecule has 0 aliphatic carbocycles. The predicted molar refractivity (Wildman–Crippen MR) is 95.1 cm³/mol. The molecule has 1 aromatic carbocycles. The van der Waals surface area contributed by atoms with E-state index in [2.05, 4.69) is 20.1 Å². The fourth-order valence-electron chi connectivity index (χ4n) is 2.01. The van der Waals surface area contributed by atoms with Gasteiger partial charge in [-0.3, -0.25) is 20.1 Å². The van der Waals surface area contributed by atoms with Gasteiger partial charge in [0.25, 0.3) is 0 Å². The van der Waals surface area contributed by atoms with Crippen molar-refractivity contribution in [3.63, 3.8) is 0 Å². The van der Waals surface area contributed by atoms with Gasteiger partial charge in [0.2, 0.25) is 0 Å². The minimum absolute atomic E-state index is 0.507. The molecule has 3 rings (SSSR count). The fraction of sp³-hybridized carbons (Fsp3) is 0.0588. The van der Waals surface area contributed by atoms with Crippen molar-refractivity contribution in [2.24, 2.45) is 0 Å². The van der Waals surface area contributed by atoms with Crippen LogP contribution in [0.25, 0.3) is 0 Å². The molecule has 0 aliphatic rings. The highest BCUT2D eigenvalue weighted by atomic mass is 31.2. The topological polar surface area (TPSA) is 76.1 Å². The molecule has 0 saturated carbocycles. The molecule has 2 heterocycles. The van der Waals surface area contributed by atoms with Gasteiger partial charge in [-0.15, -0.1) is 0 Å². The van der Waals surface area contributed by atoms with Gasteiger partial charge >= 0.3 is 7.67 Å². The molecule has 0 bridgehead atoms. The number of hydrogen-bond donors (Lipinski definition) is 2. The summed E-state index contributed by atoms with van der Waals surface area (Å²) >= 11 is 0. The third-order valence-electron chi connectivity index (χ3n) is 3.17. The number of aryl methyl sites for hydroxylation is 1. The van der Waals surface area contributed by atoms with Gasteiger partial charge in [-0.05, 0) is 43.3 Å². The number of nitrogens with zero attached hydrogens (tertiary/aromatic N) is 2. The second-order valence-corrected chi connectivity index (χ2v) is 6.88. The van der Waals surface area contributed by atoms with E-state index in [1.54, 1.807) is 61.2 Å². The number of nitrogens with one attached hydrogen (secondary N) is 2. The first kappa shape index (κ1) is 16.0. The third-order valence-corrected chi connectivity index (χ3v) is 4.74. The summed E-state index contributed by atoms with van der Waals surface area (Å²) in [5.41, 5.74) is 2.38. The van der Waals surface area contributed by atoms with Gasteiger partial charge in [-0.25, -0.2) is 4.57 Å². The Bertz CT molecular complexity index is 781. The van der Waals surface area contributed by atoms with Crippen molar-refractivity contribution in [3.05, 3.63) is 78.9 Å². The van der Waals surface area contributed by atoms with E-state index in [4.69, 9.17) is 4.52 Å². The van der Waals surface area contributed by atoms with E-state index in [0.29, 0.717) is 17.1 Å². The van der Waals surface area contributed by atoms with E-state index in [9.17, 15) is 4.57 Å². The maximum atomic E-state index is 13.3. The molecule has 0 atom stereocenters.